The molecule has 8 heteroatoms. The fraction of sp³-hybridized carbons (Fsp3) is 0.667. The normalized spacial score (nSPS) is 10.5. The lowest BCUT2D eigenvalue weighted by atomic mass is 10.4. The van der Waals surface area contributed by atoms with Gasteiger partial charge in [0, 0.05) is 12.1 Å². The molecule has 0 saturated carbocycles. The summed E-state index contributed by atoms with van der Waals surface area (Å²) in [5.41, 5.74) is 0.339. The quantitative estimate of drug-likeness (QED) is 0.256. The van der Waals surface area contributed by atoms with Gasteiger partial charge in [-0.15, -0.1) is 0 Å². The minimum atomic E-state index is -3.88. The zero-order chi connectivity index (χ0) is 12.6. The van der Waals surface area contributed by atoms with E-state index in [4.69, 9.17) is 9.29 Å². The van der Waals surface area contributed by atoms with E-state index in [9.17, 15) is 13.2 Å². The molecule has 0 rings (SSSR count). The van der Waals surface area contributed by atoms with Gasteiger partial charge in [0.2, 0.25) is 0 Å². The molecule has 0 heterocycles. The molecule has 0 amide bonds. The number of nitrogens with one attached hydrogen (secondary N) is 1. The van der Waals surface area contributed by atoms with E-state index in [1.54, 1.807) is 6.92 Å². The smallest absolute Gasteiger partial charge is 0.333 e. The molecule has 0 atom stereocenters. The van der Waals surface area contributed by atoms with Crippen molar-refractivity contribution in [2.45, 2.75) is 13.3 Å². The van der Waals surface area contributed by atoms with Gasteiger partial charge in [-0.25, -0.2) is 4.79 Å². The molecule has 0 aromatic rings. The Kier molecular flexibility index (Phi) is 9.86. The van der Waals surface area contributed by atoms with E-state index in [0.717, 1.165) is 0 Å². The first-order valence-corrected chi connectivity index (χ1v) is 6.42. The Morgan fingerprint density at radius 3 is 2.47 bits per heavy atom. The average Bonchev–Trinajstić information content (AvgIpc) is 2.14. The van der Waals surface area contributed by atoms with Crippen molar-refractivity contribution in [3.8, 4) is 0 Å². The molecule has 102 valence electrons. The highest BCUT2D eigenvalue weighted by atomic mass is 32.2. The maximum absolute atomic E-state index is 10.9. The van der Waals surface area contributed by atoms with Crippen molar-refractivity contribution in [2.24, 2.45) is 0 Å². The van der Waals surface area contributed by atoms with Gasteiger partial charge in [-0.3, -0.25) is 4.55 Å². The van der Waals surface area contributed by atoms with E-state index in [1.165, 1.54) is 0 Å². The van der Waals surface area contributed by atoms with Gasteiger partial charge in [-0.05, 0) is 19.9 Å². The van der Waals surface area contributed by atoms with Crippen molar-refractivity contribution in [2.75, 3.05) is 25.4 Å². The largest absolute Gasteiger partial charge is 0.461 e. The van der Waals surface area contributed by atoms with Gasteiger partial charge < -0.3 is 15.5 Å². The molecule has 0 aromatic carbocycles. The van der Waals surface area contributed by atoms with Gasteiger partial charge in [0.05, 0.1) is 5.75 Å². The van der Waals surface area contributed by atoms with Crippen LogP contribution in [0.1, 0.15) is 13.3 Å². The maximum atomic E-state index is 10.9. The Bertz CT molecular complexity index is 337. The molecular formula is C9H19NO6S. The van der Waals surface area contributed by atoms with E-state index < -0.39 is 16.1 Å². The molecule has 0 radical (unpaired) electrons. The molecule has 0 unspecified atom stereocenters. The van der Waals surface area contributed by atoms with E-state index in [2.05, 4.69) is 11.9 Å². The highest BCUT2D eigenvalue weighted by molar-refractivity contribution is 7.85. The number of carbonyl (C=O) groups is 1. The molecule has 0 spiro atoms. The van der Waals surface area contributed by atoms with Gasteiger partial charge in [0.1, 0.15) is 6.61 Å². The number of esters is 1. The third-order valence-corrected chi connectivity index (χ3v) is 2.42. The Hall–Kier alpha value is -0.960. The lowest BCUT2D eigenvalue weighted by molar-refractivity contribution is -0.138. The van der Waals surface area contributed by atoms with Crippen LogP contribution in [0.25, 0.3) is 0 Å². The van der Waals surface area contributed by atoms with Crippen LogP contribution >= 0.6 is 0 Å². The minimum Gasteiger partial charge on any atom is -0.461 e. The molecule has 17 heavy (non-hydrogen) atoms. The van der Waals surface area contributed by atoms with Crippen LogP contribution in [-0.4, -0.2) is 49.9 Å². The Morgan fingerprint density at radius 2 is 2.00 bits per heavy atom. The number of rotatable bonds is 8. The lowest BCUT2D eigenvalue weighted by Gasteiger charge is -2.05. The predicted octanol–water partition coefficient (Wildman–Crippen LogP) is -0.851. The summed E-state index contributed by atoms with van der Waals surface area (Å²) in [5, 5.41) is 2.87. The van der Waals surface area contributed by atoms with Gasteiger partial charge in [-0.1, -0.05) is 6.58 Å². The van der Waals surface area contributed by atoms with Gasteiger partial charge in [-0.2, -0.15) is 8.42 Å². The van der Waals surface area contributed by atoms with Crippen LogP contribution in [0.4, 0.5) is 0 Å². The average molecular weight is 269 g/mol. The first-order valence-electron chi connectivity index (χ1n) is 4.81. The standard InChI is InChI=1S/C9H17NO5S.H2O/c1-8(2)9(11)15-6-5-10-4-3-7-16(12,13)14;/h10H,1,3-7H2,2H3,(H,12,13,14);1H2. The summed E-state index contributed by atoms with van der Waals surface area (Å²) in [5.74, 6) is -0.717. The molecule has 4 N–H and O–H groups in total. The number of hydrogen-bond donors (Lipinski definition) is 2. The molecule has 0 aromatic heterocycles. The van der Waals surface area contributed by atoms with E-state index in [-0.39, 0.29) is 17.8 Å². The fourth-order valence-electron chi connectivity index (χ4n) is 0.844. The third kappa shape index (κ3) is 13.0. The number of carbonyl (C=O) groups excluding carboxylic acids is 1. The first kappa shape index (κ1) is 18.4. The second-order valence-electron chi connectivity index (χ2n) is 3.31. The van der Waals surface area contributed by atoms with Crippen LogP contribution in [-0.2, 0) is 19.6 Å². The van der Waals surface area contributed by atoms with Crippen LogP contribution in [0, 0.1) is 0 Å². The summed E-state index contributed by atoms with van der Waals surface area (Å²) in [6, 6.07) is 0. The second kappa shape index (κ2) is 9.11. The SMILES string of the molecule is C=C(C)C(=O)OCCNCCCS(=O)(=O)O.O. The van der Waals surface area contributed by atoms with Crippen molar-refractivity contribution >= 4 is 16.1 Å². The van der Waals surface area contributed by atoms with Gasteiger partial charge >= 0.3 is 5.97 Å². The number of hydrogen-bond acceptors (Lipinski definition) is 5. The van der Waals surface area contributed by atoms with Gasteiger partial charge in [0.15, 0.2) is 0 Å². The molecule has 0 aliphatic carbocycles. The molecule has 0 bridgehead atoms. The fourth-order valence-corrected chi connectivity index (χ4v) is 1.35. The lowest BCUT2D eigenvalue weighted by Crippen LogP contribution is -2.24. The van der Waals surface area contributed by atoms with Gasteiger partial charge in [0.25, 0.3) is 10.1 Å². The summed E-state index contributed by atoms with van der Waals surface area (Å²) >= 11 is 0. The van der Waals surface area contributed by atoms with Crippen molar-refractivity contribution in [1.29, 1.82) is 0 Å². The topological polar surface area (TPSA) is 124 Å². The van der Waals surface area contributed by atoms with Crippen molar-refractivity contribution in [1.82, 2.24) is 5.32 Å². The summed E-state index contributed by atoms with van der Waals surface area (Å²) in [4.78, 5) is 10.9. The summed E-state index contributed by atoms with van der Waals surface area (Å²) in [7, 11) is -3.88. The zero-order valence-corrected chi connectivity index (χ0v) is 10.5. The van der Waals surface area contributed by atoms with Crippen molar-refractivity contribution in [3.05, 3.63) is 12.2 Å². The van der Waals surface area contributed by atoms with Crippen molar-refractivity contribution < 1.29 is 28.0 Å². The monoisotopic (exact) mass is 269 g/mol. The summed E-state index contributed by atoms with van der Waals surface area (Å²) in [6.07, 6.45) is 0.313. The van der Waals surface area contributed by atoms with Crippen LogP contribution in [0.15, 0.2) is 12.2 Å². The molecule has 7 nitrogen and oxygen atoms in total. The van der Waals surface area contributed by atoms with Crippen LogP contribution in [0.2, 0.25) is 0 Å². The van der Waals surface area contributed by atoms with E-state index in [1.807, 2.05) is 0 Å². The third-order valence-electron chi connectivity index (χ3n) is 1.62. The van der Waals surface area contributed by atoms with Crippen LogP contribution in [0.3, 0.4) is 0 Å². The Balaban J connectivity index is 0. The molecule has 0 fully saturated rings. The predicted molar refractivity (Wildman–Crippen MR) is 63.3 cm³/mol. The minimum absolute atomic E-state index is 0. The maximum Gasteiger partial charge on any atom is 0.333 e. The zero-order valence-electron chi connectivity index (χ0n) is 9.73. The van der Waals surface area contributed by atoms with Crippen LogP contribution < -0.4 is 5.32 Å². The highest BCUT2D eigenvalue weighted by Crippen LogP contribution is 1.91. The molecule has 0 saturated heterocycles. The summed E-state index contributed by atoms with van der Waals surface area (Å²) < 4.78 is 33.9. The molecular weight excluding hydrogens is 250 g/mol. The number of ether oxygens (including phenoxy) is 1. The van der Waals surface area contributed by atoms with Crippen molar-refractivity contribution in [3.63, 3.8) is 0 Å². The van der Waals surface area contributed by atoms with E-state index in [0.29, 0.717) is 25.1 Å². The molecule has 0 aliphatic heterocycles. The van der Waals surface area contributed by atoms with Crippen LogP contribution in [0.5, 0.6) is 0 Å². The van der Waals surface area contributed by atoms with E-state index >= 15 is 0 Å². The Morgan fingerprint density at radius 1 is 1.41 bits per heavy atom. The first-order chi connectivity index (χ1) is 7.33. The highest BCUT2D eigenvalue weighted by Gasteiger charge is 2.03. The Labute approximate surface area is 101 Å². The summed E-state index contributed by atoms with van der Waals surface area (Å²) in [6.45, 7) is 6.05. The second-order valence-corrected chi connectivity index (χ2v) is 4.88. The molecule has 0 aliphatic rings.